The first-order valence-electron chi connectivity index (χ1n) is 7.56. The number of hydroxylamine groups is 2. The Bertz CT molecular complexity index is 575. The summed E-state index contributed by atoms with van der Waals surface area (Å²) in [6.45, 7) is 3.99. The van der Waals surface area contributed by atoms with Gasteiger partial charge in [-0.15, -0.1) is 0 Å². The Morgan fingerprint density at radius 2 is 2.00 bits per heavy atom. The van der Waals surface area contributed by atoms with Gasteiger partial charge in [0.25, 0.3) is 0 Å². The highest BCUT2D eigenvalue weighted by Gasteiger charge is 2.62. The number of nitrogens with zero attached hydrogens (tertiary/aromatic N) is 1. The fourth-order valence-corrected chi connectivity index (χ4v) is 3.43. The van der Waals surface area contributed by atoms with Crippen LogP contribution >= 0.6 is 0 Å². The second kappa shape index (κ2) is 4.94. The molecule has 3 fully saturated rings. The highest BCUT2D eigenvalue weighted by Crippen LogP contribution is 2.46. The molecule has 4 rings (SSSR count). The molecule has 118 valence electrons. The zero-order valence-electron chi connectivity index (χ0n) is 12.6. The zero-order chi connectivity index (χ0) is 15.3. The van der Waals surface area contributed by atoms with E-state index in [1.54, 1.807) is 0 Å². The second-order valence-corrected chi connectivity index (χ2v) is 6.38. The molecule has 1 amide bonds. The molecule has 1 aromatic carbocycles. The Labute approximate surface area is 128 Å². The highest BCUT2D eigenvalue weighted by atomic mass is 16.8. The Hall–Kier alpha value is -1.63. The minimum atomic E-state index is -0.625. The Balaban J connectivity index is 1.39. The molecule has 2 aliphatic heterocycles. The number of fused-ring (bicyclic) bond motifs is 5. The average Bonchev–Trinajstić information content (AvgIpc) is 3.14. The van der Waals surface area contributed by atoms with Gasteiger partial charge in [-0.1, -0.05) is 30.3 Å². The van der Waals surface area contributed by atoms with Crippen molar-refractivity contribution in [1.82, 2.24) is 5.06 Å². The molecule has 1 saturated carbocycles. The van der Waals surface area contributed by atoms with E-state index in [-0.39, 0.29) is 31.0 Å². The molecule has 0 spiro atoms. The van der Waals surface area contributed by atoms with Crippen molar-refractivity contribution in [2.45, 2.75) is 57.0 Å². The maximum Gasteiger partial charge on any atom is 0.434 e. The van der Waals surface area contributed by atoms with Crippen LogP contribution in [0, 0.1) is 0 Å². The largest absolute Gasteiger partial charge is 0.443 e. The smallest absolute Gasteiger partial charge is 0.434 e. The average molecular weight is 305 g/mol. The van der Waals surface area contributed by atoms with Crippen LogP contribution in [0.5, 0.6) is 0 Å². The normalized spacial score (nSPS) is 34.7. The number of rotatable bonds is 2. The van der Waals surface area contributed by atoms with Gasteiger partial charge in [0.1, 0.15) is 24.9 Å². The summed E-state index contributed by atoms with van der Waals surface area (Å²) < 4.78 is 17.1. The van der Waals surface area contributed by atoms with Crippen LogP contribution in [-0.2, 0) is 25.7 Å². The standard InChI is InChI=1S/C16H19NO5/c1-16(2)20-13-11-8-12(14(13)21-16)22-17(11)15(18)19-9-10-6-4-3-5-7-10/h3-7,11-14H,8-9H2,1-2H3/t11?,12?,13?,14-/m1/s1. The molecule has 4 atom stereocenters. The van der Waals surface area contributed by atoms with Crippen molar-refractivity contribution in [1.29, 1.82) is 0 Å². The lowest BCUT2D eigenvalue weighted by atomic mass is 10.2. The van der Waals surface area contributed by atoms with E-state index >= 15 is 0 Å². The Morgan fingerprint density at radius 1 is 1.27 bits per heavy atom. The van der Waals surface area contributed by atoms with Gasteiger partial charge in [-0.3, -0.25) is 4.84 Å². The molecule has 22 heavy (non-hydrogen) atoms. The van der Waals surface area contributed by atoms with Gasteiger partial charge in [0, 0.05) is 6.42 Å². The van der Waals surface area contributed by atoms with Crippen molar-refractivity contribution in [2.24, 2.45) is 0 Å². The molecule has 3 unspecified atom stereocenters. The lowest BCUT2D eigenvalue weighted by Crippen LogP contribution is -2.49. The molecule has 1 aliphatic carbocycles. The van der Waals surface area contributed by atoms with Gasteiger partial charge in [-0.05, 0) is 19.4 Å². The van der Waals surface area contributed by atoms with Crippen LogP contribution in [0.25, 0.3) is 0 Å². The van der Waals surface area contributed by atoms with E-state index in [0.717, 1.165) is 12.0 Å². The first-order chi connectivity index (χ1) is 10.5. The fraction of sp³-hybridized carbons (Fsp3) is 0.562. The molecule has 1 aromatic rings. The van der Waals surface area contributed by atoms with Crippen LogP contribution in [-0.4, -0.2) is 41.3 Å². The predicted molar refractivity (Wildman–Crippen MR) is 75.6 cm³/mol. The first-order valence-corrected chi connectivity index (χ1v) is 7.56. The van der Waals surface area contributed by atoms with Crippen molar-refractivity contribution in [2.75, 3.05) is 0 Å². The van der Waals surface area contributed by atoms with Crippen LogP contribution in [0.1, 0.15) is 25.8 Å². The minimum absolute atomic E-state index is 0.0989. The van der Waals surface area contributed by atoms with E-state index in [4.69, 9.17) is 19.0 Å². The molecule has 2 heterocycles. The summed E-state index contributed by atoms with van der Waals surface area (Å²) in [5.41, 5.74) is 0.944. The van der Waals surface area contributed by atoms with E-state index in [0.29, 0.717) is 0 Å². The maximum atomic E-state index is 12.2. The second-order valence-electron chi connectivity index (χ2n) is 6.38. The van der Waals surface area contributed by atoms with Gasteiger partial charge in [-0.2, -0.15) is 5.06 Å². The molecular formula is C16H19NO5. The summed E-state index contributed by atoms with van der Waals surface area (Å²) in [6.07, 6.45) is -0.119. The van der Waals surface area contributed by atoms with Gasteiger partial charge < -0.3 is 14.2 Å². The van der Waals surface area contributed by atoms with Crippen molar-refractivity contribution in [3.63, 3.8) is 0 Å². The Morgan fingerprint density at radius 3 is 2.77 bits per heavy atom. The van der Waals surface area contributed by atoms with Gasteiger partial charge in [0.2, 0.25) is 0 Å². The van der Waals surface area contributed by atoms with Crippen molar-refractivity contribution in [3.8, 4) is 0 Å². The molecule has 6 nitrogen and oxygen atoms in total. The van der Waals surface area contributed by atoms with Crippen LogP contribution < -0.4 is 0 Å². The van der Waals surface area contributed by atoms with Gasteiger partial charge in [0.05, 0.1) is 6.04 Å². The third kappa shape index (κ3) is 2.27. The summed E-state index contributed by atoms with van der Waals surface area (Å²) in [4.78, 5) is 17.9. The number of ether oxygens (including phenoxy) is 3. The SMILES string of the molecule is CC1(C)OC2C3CC(ON3C(=O)OCc3ccccc3)[C@H]2O1. The van der Waals surface area contributed by atoms with Crippen LogP contribution in [0.2, 0.25) is 0 Å². The molecule has 0 aromatic heterocycles. The van der Waals surface area contributed by atoms with Crippen LogP contribution in [0.4, 0.5) is 4.79 Å². The molecular weight excluding hydrogens is 286 g/mol. The molecule has 2 bridgehead atoms. The summed E-state index contributed by atoms with van der Waals surface area (Å²) >= 11 is 0. The van der Waals surface area contributed by atoms with E-state index in [1.165, 1.54) is 5.06 Å². The molecule has 6 heteroatoms. The predicted octanol–water partition coefficient (Wildman–Crippen LogP) is 2.23. The van der Waals surface area contributed by atoms with E-state index in [2.05, 4.69) is 0 Å². The number of benzene rings is 1. The zero-order valence-corrected chi connectivity index (χ0v) is 12.6. The fourth-order valence-electron chi connectivity index (χ4n) is 3.43. The lowest BCUT2D eigenvalue weighted by Gasteiger charge is -2.30. The summed E-state index contributed by atoms with van der Waals surface area (Å²) in [5, 5.41) is 1.32. The number of amides is 1. The van der Waals surface area contributed by atoms with Crippen molar-refractivity contribution < 1.29 is 23.8 Å². The van der Waals surface area contributed by atoms with Crippen molar-refractivity contribution >= 4 is 6.09 Å². The third-order valence-electron chi connectivity index (χ3n) is 4.32. The molecule has 2 saturated heterocycles. The topological polar surface area (TPSA) is 57.2 Å². The molecule has 0 N–H and O–H groups in total. The monoisotopic (exact) mass is 305 g/mol. The minimum Gasteiger partial charge on any atom is -0.443 e. The molecule has 3 aliphatic rings. The van der Waals surface area contributed by atoms with Gasteiger partial charge >= 0.3 is 6.09 Å². The number of carbonyl (C=O) groups excluding carboxylic acids is 1. The quantitative estimate of drug-likeness (QED) is 0.838. The molecule has 0 radical (unpaired) electrons. The maximum absolute atomic E-state index is 12.2. The number of hydrogen-bond donors (Lipinski definition) is 0. The lowest BCUT2D eigenvalue weighted by molar-refractivity contribution is -0.202. The summed E-state index contributed by atoms with van der Waals surface area (Å²) in [7, 11) is 0. The first kappa shape index (κ1) is 14.0. The number of hydrogen-bond acceptors (Lipinski definition) is 5. The third-order valence-corrected chi connectivity index (χ3v) is 4.32. The van der Waals surface area contributed by atoms with Crippen LogP contribution in [0.3, 0.4) is 0 Å². The van der Waals surface area contributed by atoms with Gasteiger partial charge in [0.15, 0.2) is 5.79 Å². The van der Waals surface area contributed by atoms with Crippen LogP contribution in [0.15, 0.2) is 30.3 Å². The summed E-state index contributed by atoms with van der Waals surface area (Å²) in [6, 6.07) is 9.43. The number of carbonyl (C=O) groups is 1. The van der Waals surface area contributed by atoms with Crippen molar-refractivity contribution in [3.05, 3.63) is 35.9 Å². The van der Waals surface area contributed by atoms with E-state index in [1.807, 2.05) is 44.2 Å². The van der Waals surface area contributed by atoms with E-state index in [9.17, 15) is 4.79 Å². The van der Waals surface area contributed by atoms with E-state index < -0.39 is 11.9 Å². The van der Waals surface area contributed by atoms with Gasteiger partial charge in [-0.25, -0.2) is 4.79 Å². The highest BCUT2D eigenvalue weighted by molar-refractivity contribution is 5.67. The summed E-state index contributed by atoms with van der Waals surface area (Å²) in [5.74, 6) is -0.625. The Kier molecular flexibility index (Phi) is 3.14.